The summed E-state index contributed by atoms with van der Waals surface area (Å²) in [7, 11) is 0. The Bertz CT molecular complexity index is 927. The second-order valence-electron chi connectivity index (χ2n) is 16.7. The molecule has 0 bridgehead atoms. The first-order valence-electron chi connectivity index (χ1n) is 24.8. The third kappa shape index (κ3) is 44.8. The van der Waals surface area contributed by atoms with Crippen molar-refractivity contribution in [1.29, 1.82) is 0 Å². The van der Waals surface area contributed by atoms with Crippen LogP contribution in [0, 0.1) is 0 Å². The molecule has 0 fully saturated rings. The molecule has 0 unspecified atom stereocenters. The third-order valence-corrected chi connectivity index (χ3v) is 10.9. The van der Waals surface area contributed by atoms with Crippen LogP contribution in [0.5, 0.6) is 0 Å². The fourth-order valence-electron chi connectivity index (χ4n) is 7.14. The van der Waals surface area contributed by atoms with Gasteiger partial charge in [-0.1, -0.05) is 199 Å². The van der Waals surface area contributed by atoms with Gasteiger partial charge >= 0.3 is 17.9 Å². The lowest BCUT2D eigenvalue weighted by atomic mass is 10.0. The van der Waals surface area contributed by atoms with Gasteiger partial charge in [0, 0.05) is 19.3 Å². The van der Waals surface area contributed by atoms with Gasteiger partial charge in [-0.05, 0) is 70.6 Å². The number of carbonyl (C=O) groups is 3. The van der Waals surface area contributed by atoms with E-state index in [0.717, 1.165) is 70.6 Å². The van der Waals surface area contributed by atoms with Crippen LogP contribution in [0.2, 0.25) is 0 Å². The molecule has 0 aliphatic rings. The Morgan fingerprint density at radius 2 is 0.579 bits per heavy atom. The fraction of sp³-hybridized carbons (Fsp3) is 0.863. The summed E-state index contributed by atoms with van der Waals surface area (Å²) >= 11 is 0. The molecule has 0 aromatic carbocycles. The minimum absolute atomic E-state index is 0.0738. The van der Waals surface area contributed by atoms with Crippen molar-refractivity contribution in [3.63, 3.8) is 0 Å². The molecule has 0 aromatic heterocycles. The van der Waals surface area contributed by atoms with Gasteiger partial charge in [0.25, 0.3) is 0 Å². The third-order valence-electron chi connectivity index (χ3n) is 10.9. The molecule has 6 nitrogen and oxygen atoms in total. The Kier molecular flexibility index (Phi) is 44.9. The quantitative estimate of drug-likeness (QED) is 0.0264. The zero-order chi connectivity index (χ0) is 41.5. The van der Waals surface area contributed by atoms with Crippen LogP contribution >= 0.6 is 0 Å². The molecule has 6 heteroatoms. The molecule has 0 rings (SSSR count). The second kappa shape index (κ2) is 46.6. The molecule has 0 saturated heterocycles. The molecule has 0 heterocycles. The first-order chi connectivity index (χ1) is 28.0. The first kappa shape index (κ1) is 54.9. The SMILES string of the molecule is CCCCC/C=C\CCCCCCCC(=O)OC[C@H](COC(=O)CCCCCCCCCCCCCCCC)OC(=O)CCCCCCC/C=C\CCCCCC. The summed E-state index contributed by atoms with van der Waals surface area (Å²) in [5, 5.41) is 0. The largest absolute Gasteiger partial charge is 0.462 e. The van der Waals surface area contributed by atoms with Crippen molar-refractivity contribution in [2.75, 3.05) is 13.2 Å². The van der Waals surface area contributed by atoms with Crippen LogP contribution in [0.25, 0.3) is 0 Å². The molecule has 0 spiro atoms. The highest BCUT2D eigenvalue weighted by Gasteiger charge is 2.19. The van der Waals surface area contributed by atoms with Gasteiger partial charge in [-0.15, -0.1) is 0 Å². The van der Waals surface area contributed by atoms with Gasteiger partial charge in [-0.3, -0.25) is 14.4 Å². The van der Waals surface area contributed by atoms with E-state index >= 15 is 0 Å². The molecule has 0 saturated carbocycles. The molecular weight excluding hydrogens is 709 g/mol. The van der Waals surface area contributed by atoms with Gasteiger partial charge in [0.15, 0.2) is 6.10 Å². The summed E-state index contributed by atoms with van der Waals surface area (Å²) < 4.78 is 16.8. The standard InChI is InChI=1S/C51H94O6/c1-4-7-10-13-16-19-22-25-27-29-32-35-38-41-44-50(53)56-47-48(46-55-49(52)43-40-37-34-31-28-24-21-18-15-12-9-6-3)57-51(54)45-42-39-36-33-30-26-23-20-17-14-11-8-5-2/h18,20-21,23,48H,4-17,19,22,24-47H2,1-3H3/b21-18-,23-20-/t48-/m1/s1. The summed E-state index contributed by atoms with van der Waals surface area (Å²) in [6.45, 7) is 6.60. The van der Waals surface area contributed by atoms with Gasteiger partial charge in [0.1, 0.15) is 13.2 Å². The number of ether oxygens (including phenoxy) is 3. The Hall–Kier alpha value is -2.11. The van der Waals surface area contributed by atoms with Crippen molar-refractivity contribution in [3.8, 4) is 0 Å². The maximum absolute atomic E-state index is 12.7. The van der Waals surface area contributed by atoms with Gasteiger partial charge < -0.3 is 14.2 Å². The summed E-state index contributed by atoms with van der Waals surface area (Å²) in [5.74, 6) is -0.883. The number of esters is 3. The van der Waals surface area contributed by atoms with E-state index in [-0.39, 0.29) is 31.1 Å². The Morgan fingerprint density at radius 1 is 0.333 bits per heavy atom. The van der Waals surface area contributed by atoms with Gasteiger partial charge in [-0.25, -0.2) is 0 Å². The van der Waals surface area contributed by atoms with Crippen LogP contribution in [-0.4, -0.2) is 37.2 Å². The highest BCUT2D eigenvalue weighted by Crippen LogP contribution is 2.15. The molecule has 334 valence electrons. The van der Waals surface area contributed by atoms with Crippen LogP contribution in [0.1, 0.15) is 265 Å². The van der Waals surface area contributed by atoms with Crippen molar-refractivity contribution in [2.45, 2.75) is 271 Å². The average Bonchev–Trinajstić information content (AvgIpc) is 3.21. The van der Waals surface area contributed by atoms with E-state index in [9.17, 15) is 14.4 Å². The Balaban J connectivity index is 4.36. The van der Waals surface area contributed by atoms with Gasteiger partial charge in [0.05, 0.1) is 0 Å². The van der Waals surface area contributed by atoms with Gasteiger partial charge in [0.2, 0.25) is 0 Å². The zero-order valence-corrected chi connectivity index (χ0v) is 38.1. The van der Waals surface area contributed by atoms with E-state index in [1.165, 1.54) is 154 Å². The molecule has 0 aromatic rings. The fourth-order valence-corrected chi connectivity index (χ4v) is 7.14. The molecule has 0 aliphatic heterocycles. The Morgan fingerprint density at radius 3 is 0.930 bits per heavy atom. The predicted molar refractivity (Wildman–Crippen MR) is 243 cm³/mol. The molecule has 1 atom stereocenters. The van der Waals surface area contributed by atoms with E-state index in [1.54, 1.807) is 0 Å². The van der Waals surface area contributed by atoms with Gasteiger partial charge in [-0.2, -0.15) is 0 Å². The Labute approximate surface area is 353 Å². The molecule has 0 N–H and O–H groups in total. The van der Waals surface area contributed by atoms with Crippen molar-refractivity contribution in [2.24, 2.45) is 0 Å². The minimum Gasteiger partial charge on any atom is -0.462 e. The van der Waals surface area contributed by atoms with Crippen molar-refractivity contribution >= 4 is 17.9 Å². The number of allylic oxidation sites excluding steroid dienone is 4. The van der Waals surface area contributed by atoms with E-state index in [0.29, 0.717) is 19.3 Å². The maximum atomic E-state index is 12.7. The molecular formula is C51H94O6. The highest BCUT2D eigenvalue weighted by atomic mass is 16.6. The van der Waals surface area contributed by atoms with Crippen molar-refractivity contribution in [3.05, 3.63) is 24.3 Å². The van der Waals surface area contributed by atoms with Crippen molar-refractivity contribution < 1.29 is 28.6 Å². The van der Waals surface area contributed by atoms with Crippen LogP contribution in [0.3, 0.4) is 0 Å². The minimum atomic E-state index is -0.773. The van der Waals surface area contributed by atoms with Crippen LogP contribution in [0.15, 0.2) is 24.3 Å². The summed E-state index contributed by atoms with van der Waals surface area (Å²) in [5.41, 5.74) is 0. The lowest BCUT2D eigenvalue weighted by Gasteiger charge is -2.18. The lowest BCUT2D eigenvalue weighted by molar-refractivity contribution is -0.167. The van der Waals surface area contributed by atoms with Crippen LogP contribution in [-0.2, 0) is 28.6 Å². The van der Waals surface area contributed by atoms with Crippen molar-refractivity contribution in [1.82, 2.24) is 0 Å². The first-order valence-corrected chi connectivity index (χ1v) is 24.8. The number of unbranched alkanes of at least 4 members (excludes halogenated alkanes) is 30. The van der Waals surface area contributed by atoms with E-state index in [4.69, 9.17) is 14.2 Å². The summed E-state index contributed by atoms with van der Waals surface area (Å²) in [6.07, 6.45) is 51.5. The smallest absolute Gasteiger partial charge is 0.306 e. The number of carbonyl (C=O) groups excluding carboxylic acids is 3. The van der Waals surface area contributed by atoms with Crippen LogP contribution < -0.4 is 0 Å². The van der Waals surface area contributed by atoms with Crippen LogP contribution in [0.4, 0.5) is 0 Å². The molecule has 0 aliphatic carbocycles. The lowest BCUT2D eigenvalue weighted by Crippen LogP contribution is -2.30. The maximum Gasteiger partial charge on any atom is 0.306 e. The number of hydrogen-bond donors (Lipinski definition) is 0. The predicted octanol–water partition coefficient (Wildman–Crippen LogP) is 16.0. The van der Waals surface area contributed by atoms with E-state index in [1.807, 2.05) is 0 Å². The van der Waals surface area contributed by atoms with E-state index in [2.05, 4.69) is 45.1 Å². The number of rotatable bonds is 45. The number of hydrogen-bond acceptors (Lipinski definition) is 6. The zero-order valence-electron chi connectivity index (χ0n) is 38.1. The normalized spacial score (nSPS) is 12.1. The topological polar surface area (TPSA) is 78.9 Å². The monoisotopic (exact) mass is 803 g/mol. The average molecular weight is 803 g/mol. The summed E-state index contributed by atoms with van der Waals surface area (Å²) in [6, 6.07) is 0. The molecule has 57 heavy (non-hydrogen) atoms. The molecule has 0 amide bonds. The second-order valence-corrected chi connectivity index (χ2v) is 16.7. The molecule has 0 radical (unpaired) electrons. The highest BCUT2D eigenvalue weighted by molar-refractivity contribution is 5.71. The van der Waals surface area contributed by atoms with E-state index < -0.39 is 6.10 Å². The summed E-state index contributed by atoms with van der Waals surface area (Å²) in [4.78, 5) is 37.8.